The van der Waals surface area contributed by atoms with E-state index in [1.165, 1.54) is 18.2 Å². The summed E-state index contributed by atoms with van der Waals surface area (Å²) in [4.78, 5) is 0.0393. The molecule has 0 amide bonds. The standard InChI is InChI=1S/C14H19N3O3S/c1-10(4-5-11-3-2-8-20-11)17-14-9-12(21(16,18)19)6-7-13(14)15/h2-3,6-10,17H,4-5,15H2,1H3,(H2,16,18,19). The van der Waals surface area contributed by atoms with Crippen molar-refractivity contribution in [3.8, 4) is 0 Å². The van der Waals surface area contributed by atoms with Crippen molar-refractivity contribution >= 4 is 21.4 Å². The lowest BCUT2D eigenvalue weighted by atomic mass is 10.1. The highest BCUT2D eigenvalue weighted by Gasteiger charge is 2.12. The predicted molar refractivity (Wildman–Crippen MR) is 82.3 cm³/mol. The van der Waals surface area contributed by atoms with Gasteiger partial charge in [0.15, 0.2) is 0 Å². The zero-order valence-corrected chi connectivity index (χ0v) is 12.6. The lowest BCUT2D eigenvalue weighted by Gasteiger charge is -2.17. The number of aryl methyl sites for hydroxylation is 1. The van der Waals surface area contributed by atoms with E-state index in [4.69, 9.17) is 15.3 Å². The maximum Gasteiger partial charge on any atom is 0.238 e. The first-order valence-electron chi connectivity index (χ1n) is 6.57. The number of nitrogen functional groups attached to an aromatic ring is 1. The third-order valence-corrected chi connectivity index (χ3v) is 4.07. The van der Waals surface area contributed by atoms with E-state index < -0.39 is 10.0 Å². The molecule has 2 aromatic rings. The molecular formula is C14H19N3O3S. The van der Waals surface area contributed by atoms with E-state index in [9.17, 15) is 8.42 Å². The fourth-order valence-electron chi connectivity index (χ4n) is 1.99. The molecule has 0 aliphatic rings. The van der Waals surface area contributed by atoms with Crippen LogP contribution in [-0.2, 0) is 16.4 Å². The van der Waals surface area contributed by atoms with E-state index in [1.807, 2.05) is 19.1 Å². The van der Waals surface area contributed by atoms with Gasteiger partial charge in [-0.1, -0.05) is 0 Å². The summed E-state index contributed by atoms with van der Waals surface area (Å²) in [6.45, 7) is 1.99. The number of primary sulfonamides is 1. The van der Waals surface area contributed by atoms with Gasteiger partial charge in [0.25, 0.3) is 0 Å². The summed E-state index contributed by atoms with van der Waals surface area (Å²) in [6.07, 6.45) is 3.25. The summed E-state index contributed by atoms with van der Waals surface area (Å²) in [7, 11) is -3.74. The fourth-order valence-corrected chi connectivity index (χ4v) is 2.53. The average Bonchev–Trinajstić information content (AvgIpc) is 2.91. The SMILES string of the molecule is CC(CCc1ccco1)Nc1cc(S(N)(=O)=O)ccc1N. The number of nitrogens with two attached hydrogens (primary N) is 2. The first-order chi connectivity index (χ1) is 9.86. The fraction of sp³-hybridized carbons (Fsp3) is 0.286. The highest BCUT2D eigenvalue weighted by molar-refractivity contribution is 7.89. The molecule has 0 aliphatic carbocycles. The molecule has 1 aromatic carbocycles. The highest BCUT2D eigenvalue weighted by Crippen LogP contribution is 2.23. The van der Waals surface area contributed by atoms with Gasteiger partial charge in [0, 0.05) is 12.5 Å². The smallest absolute Gasteiger partial charge is 0.238 e. The van der Waals surface area contributed by atoms with Crippen LogP contribution < -0.4 is 16.2 Å². The van der Waals surface area contributed by atoms with Crippen molar-refractivity contribution in [2.75, 3.05) is 11.1 Å². The van der Waals surface area contributed by atoms with E-state index in [1.54, 1.807) is 6.26 Å². The Morgan fingerprint density at radius 1 is 1.33 bits per heavy atom. The Bertz CT molecular complexity index is 696. The van der Waals surface area contributed by atoms with Gasteiger partial charge in [-0.15, -0.1) is 0 Å². The molecule has 0 fully saturated rings. The third kappa shape index (κ3) is 4.24. The maximum absolute atomic E-state index is 11.4. The van der Waals surface area contributed by atoms with Crippen molar-refractivity contribution in [1.29, 1.82) is 0 Å². The summed E-state index contributed by atoms with van der Waals surface area (Å²) in [5, 5.41) is 8.32. The van der Waals surface area contributed by atoms with Gasteiger partial charge in [0.05, 0.1) is 22.5 Å². The summed E-state index contributed by atoms with van der Waals surface area (Å²) >= 11 is 0. The van der Waals surface area contributed by atoms with E-state index in [0.717, 1.165) is 18.6 Å². The van der Waals surface area contributed by atoms with Gasteiger partial charge in [0.1, 0.15) is 5.76 Å². The lowest BCUT2D eigenvalue weighted by molar-refractivity contribution is 0.495. The van der Waals surface area contributed by atoms with Crippen LogP contribution in [-0.4, -0.2) is 14.5 Å². The number of rotatable bonds is 6. The van der Waals surface area contributed by atoms with Crippen molar-refractivity contribution in [3.63, 3.8) is 0 Å². The molecule has 1 unspecified atom stereocenters. The van der Waals surface area contributed by atoms with Crippen molar-refractivity contribution in [1.82, 2.24) is 0 Å². The quantitative estimate of drug-likeness (QED) is 0.706. The Morgan fingerprint density at radius 2 is 2.10 bits per heavy atom. The Hall–Kier alpha value is -1.99. The molecule has 2 rings (SSSR count). The molecule has 0 bridgehead atoms. The summed E-state index contributed by atoms with van der Waals surface area (Å²) < 4.78 is 28.0. The van der Waals surface area contributed by atoms with Crippen LogP contribution >= 0.6 is 0 Å². The van der Waals surface area contributed by atoms with Crippen molar-refractivity contribution in [3.05, 3.63) is 42.4 Å². The van der Waals surface area contributed by atoms with E-state index >= 15 is 0 Å². The maximum atomic E-state index is 11.4. The Balaban J connectivity index is 2.04. The Labute approximate surface area is 124 Å². The van der Waals surface area contributed by atoms with Gasteiger partial charge in [-0.25, -0.2) is 13.6 Å². The molecular weight excluding hydrogens is 290 g/mol. The van der Waals surface area contributed by atoms with Gasteiger partial charge >= 0.3 is 0 Å². The monoisotopic (exact) mass is 309 g/mol. The van der Waals surface area contributed by atoms with Gasteiger partial charge in [-0.05, 0) is 43.7 Å². The second kappa shape index (κ2) is 6.19. The topological polar surface area (TPSA) is 111 Å². The molecule has 1 heterocycles. The van der Waals surface area contributed by atoms with Crippen LogP contribution in [0, 0.1) is 0 Å². The van der Waals surface area contributed by atoms with E-state index in [0.29, 0.717) is 11.4 Å². The number of nitrogens with one attached hydrogen (secondary N) is 1. The molecule has 0 aliphatic heterocycles. The zero-order valence-electron chi connectivity index (χ0n) is 11.7. The molecule has 7 heteroatoms. The molecule has 114 valence electrons. The molecule has 1 aromatic heterocycles. The van der Waals surface area contributed by atoms with Gasteiger partial charge in [-0.2, -0.15) is 0 Å². The van der Waals surface area contributed by atoms with Crippen molar-refractivity contribution in [2.45, 2.75) is 30.7 Å². The van der Waals surface area contributed by atoms with Gasteiger partial charge < -0.3 is 15.5 Å². The summed E-state index contributed by atoms with van der Waals surface area (Å²) in [5.74, 6) is 0.912. The van der Waals surface area contributed by atoms with E-state index in [-0.39, 0.29) is 10.9 Å². The molecule has 0 spiro atoms. The van der Waals surface area contributed by atoms with Crippen molar-refractivity contribution in [2.24, 2.45) is 5.14 Å². The van der Waals surface area contributed by atoms with Crippen LogP contribution in [0.2, 0.25) is 0 Å². The minimum atomic E-state index is -3.74. The van der Waals surface area contributed by atoms with E-state index in [2.05, 4.69) is 5.32 Å². The van der Waals surface area contributed by atoms with Crippen LogP contribution in [0.25, 0.3) is 0 Å². The molecule has 0 saturated heterocycles. The predicted octanol–water partition coefficient (Wildman–Crippen LogP) is 1.94. The molecule has 6 nitrogen and oxygen atoms in total. The minimum absolute atomic E-state index is 0.0393. The normalized spacial score (nSPS) is 13.0. The number of hydrogen-bond acceptors (Lipinski definition) is 5. The first-order valence-corrected chi connectivity index (χ1v) is 8.12. The second-order valence-corrected chi connectivity index (χ2v) is 6.52. The van der Waals surface area contributed by atoms with Gasteiger partial charge in [0.2, 0.25) is 10.0 Å². The summed E-state index contributed by atoms with van der Waals surface area (Å²) in [6, 6.07) is 8.25. The Kier molecular flexibility index (Phi) is 4.54. The van der Waals surface area contributed by atoms with Gasteiger partial charge in [-0.3, -0.25) is 0 Å². The van der Waals surface area contributed by atoms with Crippen LogP contribution in [0.5, 0.6) is 0 Å². The molecule has 1 atom stereocenters. The number of furan rings is 1. The average molecular weight is 309 g/mol. The number of anilines is 2. The molecule has 21 heavy (non-hydrogen) atoms. The largest absolute Gasteiger partial charge is 0.469 e. The van der Waals surface area contributed by atoms with Crippen LogP contribution in [0.1, 0.15) is 19.1 Å². The summed E-state index contributed by atoms with van der Waals surface area (Å²) in [5.41, 5.74) is 6.90. The Morgan fingerprint density at radius 3 is 2.71 bits per heavy atom. The third-order valence-electron chi connectivity index (χ3n) is 3.16. The number of benzene rings is 1. The first kappa shape index (κ1) is 15.4. The number of hydrogen-bond donors (Lipinski definition) is 3. The van der Waals surface area contributed by atoms with Crippen LogP contribution in [0.3, 0.4) is 0 Å². The lowest BCUT2D eigenvalue weighted by Crippen LogP contribution is -2.18. The second-order valence-electron chi connectivity index (χ2n) is 4.96. The molecule has 0 saturated carbocycles. The molecule has 5 N–H and O–H groups in total. The van der Waals surface area contributed by atoms with Crippen LogP contribution in [0.15, 0.2) is 45.9 Å². The zero-order chi connectivity index (χ0) is 15.5. The van der Waals surface area contributed by atoms with Crippen LogP contribution in [0.4, 0.5) is 11.4 Å². The van der Waals surface area contributed by atoms with Crippen molar-refractivity contribution < 1.29 is 12.8 Å². The highest BCUT2D eigenvalue weighted by atomic mass is 32.2. The molecule has 0 radical (unpaired) electrons. The number of sulfonamides is 1. The minimum Gasteiger partial charge on any atom is -0.469 e.